The highest BCUT2D eigenvalue weighted by Crippen LogP contribution is 2.23. The summed E-state index contributed by atoms with van der Waals surface area (Å²) in [6, 6.07) is 12.2. The number of aryl methyl sites for hydroxylation is 1. The van der Waals surface area contributed by atoms with E-state index in [0.29, 0.717) is 13.2 Å². The minimum absolute atomic E-state index is 0.399. The van der Waals surface area contributed by atoms with Crippen LogP contribution in [0.4, 0.5) is 0 Å². The second-order valence-corrected chi connectivity index (χ2v) is 5.61. The summed E-state index contributed by atoms with van der Waals surface area (Å²) in [5, 5.41) is 0. The normalized spacial score (nSPS) is 19.2. The topological polar surface area (TPSA) is 68.7 Å². The summed E-state index contributed by atoms with van der Waals surface area (Å²) in [7, 11) is 0. The molecule has 1 saturated heterocycles. The maximum absolute atomic E-state index is 11.3. The van der Waals surface area contributed by atoms with Gasteiger partial charge in [0.2, 0.25) is 5.91 Å². The number of primary amides is 1. The van der Waals surface area contributed by atoms with E-state index in [4.69, 9.17) is 14.9 Å². The zero-order chi connectivity index (χ0) is 15.5. The summed E-state index contributed by atoms with van der Waals surface area (Å²) in [5.74, 6) is 1.37. The van der Waals surface area contributed by atoms with Crippen molar-refractivity contribution in [1.29, 1.82) is 0 Å². The number of nitrogens with zero attached hydrogens (tertiary/aromatic N) is 1. The van der Waals surface area contributed by atoms with Crippen molar-refractivity contribution in [2.45, 2.75) is 19.6 Å². The van der Waals surface area contributed by atoms with E-state index in [-0.39, 0.29) is 0 Å². The highest BCUT2D eigenvalue weighted by Gasteiger charge is 2.24. The molecular formula is C17H20N2O3. The predicted octanol–water partition coefficient (Wildman–Crippen LogP) is 1.94. The van der Waals surface area contributed by atoms with Crippen LogP contribution in [-0.4, -0.2) is 36.6 Å². The Morgan fingerprint density at radius 2 is 2.23 bits per heavy atom. The lowest BCUT2D eigenvalue weighted by Crippen LogP contribution is -2.47. The molecule has 0 radical (unpaired) electrons. The van der Waals surface area contributed by atoms with Crippen molar-refractivity contribution in [3.63, 3.8) is 0 Å². The molecular weight excluding hydrogens is 280 g/mol. The standard InChI is InChI=1S/C17H20N2O3/c1-12-5-6-15(22-12)14-4-2-3-13(9-14)10-19-7-8-21-16(11-19)17(18)20/h2-6,9,16H,7-8,10-11H2,1H3,(H2,18,20)/t16-/m1/s1. The SMILES string of the molecule is Cc1ccc(-c2cccc(CN3CCO[C@@H](C(N)=O)C3)c2)o1. The summed E-state index contributed by atoms with van der Waals surface area (Å²) in [6.45, 7) is 4.57. The number of carbonyl (C=O) groups excluding carboxylic acids is 1. The van der Waals surface area contributed by atoms with Crippen molar-refractivity contribution in [2.24, 2.45) is 5.73 Å². The van der Waals surface area contributed by atoms with E-state index in [1.54, 1.807) is 0 Å². The lowest BCUT2D eigenvalue weighted by Gasteiger charge is -2.31. The van der Waals surface area contributed by atoms with Gasteiger partial charge in [0.1, 0.15) is 17.6 Å². The monoisotopic (exact) mass is 300 g/mol. The molecule has 5 heteroatoms. The van der Waals surface area contributed by atoms with E-state index in [2.05, 4.69) is 17.0 Å². The first kappa shape index (κ1) is 14.8. The Morgan fingerprint density at radius 1 is 1.36 bits per heavy atom. The van der Waals surface area contributed by atoms with Gasteiger partial charge in [-0.05, 0) is 30.7 Å². The Kier molecular flexibility index (Phi) is 4.27. The van der Waals surface area contributed by atoms with Gasteiger partial charge in [-0.3, -0.25) is 9.69 Å². The number of hydrogen-bond donors (Lipinski definition) is 1. The number of furan rings is 1. The first-order valence-corrected chi connectivity index (χ1v) is 7.41. The van der Waals surface area contributed by atoms with Gasteiger partial charge < -0.3 is 14.9 Å². The summed E-state index contributed by atoms with van der Waals surface area (Å²) >= 11 is 0. The maximum atomic E-state index is 11.3. The molecule has 1 aliphatic rings. The summed E-state index contributed by atoms with van der Waals surface area (Å²) in [5.41, 5.74) is 7.56. The minimum atomic E-state index is -0.510. The number of morpholine rings is 1. The van der Waals surface area contributed by atoms with Crippen molar-refractivity contribution in [1.82, 2.24) is 4.90 Å². The number of benzene rings is 1. The molecule has 1 amide bonds. The Morgan fingerprint density at radius 3 is 2.95 bits per heavy atom. The van der Waals surface area contributed by atoms with Gasteiger partial charge in [-0.25, -0.2) is 0 Å². The van der Waals surface area contributed by atoms with E-state index in [1.165, 1.54) is 5.56 Å². The molecule has 1 atom stereocenters. The van der Waals surface area contributed by atoms with Gasteiger partial charge in [0, 0.05) is 25.2 Å². The second-order valence-electron chi connectivity index (χ2n) is 5.61. The third kappa shape index (κ3) is 3.37. The van der Waals surface area contributed by atoms with Gasteiger partial charge in [-0.1, -0.05) is 18.2 Å². The molecule has 0 bridgehead atoms. The Balaban J connectivity index is 1.71. The molecule has 2 aromatic rings. The van der Waals surface area contributed by atoms with Crippen molar-refractivity contribution in [2.75, 3.05) is 19.7 Å². The number of carbonyl (C=O) groups is 1. The Bertz CT molecular complexity index is 665. The molecule has 1 fully saturated rings. The van der Waals surface area contributed by atoms with Gasteiger partial charge in [0.25, 0.3) is 0 Å². The fraction of sp³-hybridized carbons (Fsp3) is 0.353. The van der Waals surface area contributed by atoms with E-state index < -0.39 is 12.0 Å². The molecule has 1 aliphatic heterocycles. The summed E-state index contributed by atoms with van der Waals surface area (Å²) in [6.07, 6.45) is -0.510. The van der Waals surface area contributed by atoms with Crippen molar-refractivity contribution in [3.8, 4) is 11.3 Å². The number of nitrogens with two attached hydrogens (primary N) is 1. The number of amides is 1. The van der Waals surface area contributed by atoms with Crippen molar-refractivity contribution >= 4 is 5.91 Å². The molecule has 1 aromatic carbocycles. The fourth-order valence-corrected chi connectivity index (χ4v) is 2.69. The van der Waals surface area contributed by atoms with Crippen LogP contribution in [-0.2, 0) is 16.1 Å². The molecule has 0 spiro atoms. The zero-order valence-electron chi connectivity index (χ0n) is 12.6. The Labute approximate surface area is 129 Å². The third-order valence-corrected chi connectivity index (χ3v) is 3.83. The van der Waals surface area contributed by atoms with Gasteiger partial charge in [-0.2, -0.15) is 0 Å². The van der Waals surface area contributed by atoms with E-state index in [9.17, 15) is 4.79 Å². The number of hydrogen-bond acceptors (Lipinski definition) is 4. The van der Waals surface area contributed by atoms with Crippen LogP contribution in [0.15, 0.2) is 40.8 Å². The molecule has 1 aromatic heterocycles. The van der Waals surface area contributed by atoms with E-state index >= 15 is 0 Å². The number of rotatable bonds is 4. The average molecular weight is 300 g/mol. The van der Waals surface area contributed by atoms with E-state index in [0.717, 1.165) is 30.2 Å². The predicted molar refractivity (Wildman–Crippen MR) is 83.1 cm³/mol. The van der Waals surface area contributed by atoms with Gasteiger partial charge >= 0.3 is 0 Å². The van der Waals surface area contributed by atoms with Gasteiger partial charge in [-0.15, -0.1) is 0 Å². The smallest absolute Gasteiger partial charge is 0.247 e. The van der Waals surface area contributed by atoms with Crippen LogP contribution in [0.1, 0.15) is 11.3 Å². The van der Waals surface area contributed by atoms with Crippen LogP contribution in [0.2, 0.25) is 0 Å². The zero-order valence-corrected chi connectivity index (χ0v) is 12.6. The largest absolute Gasteiger partial charge is 0.461 e. The Hall–Kier alpha value is -2.11. The van der Waals surface area contributed by atoms with Crippen LogP contribution in [0, 0.1) is 6.92 Å². The quantitative estimate of drug-likeness (QED) is 0.937. The summed E-state index contributed by atoms with van der Waals surface area (Å²) < 4.78 is 11.0. The fourth-order valence-electron chi connectivity index (χ4n) is 2.69. The van der Waals surface area contributed by atoms with Crippen molar-refractivity contribution < 1.29 is 13.9 Å². The minimum Gasteiger partial charge on any atom is -0.461 e. The van der Waals surface area contributed by atoms with Crippen molar-refractivity contribution in [3.05, 3.63) is 47.7 Å². The lowest BCUT2D eigenvalue weighted by atomic mass is 10.1. The average Bonchev–Trinajstić information content (AvgIpc) is 2.94. The third-order valence-electron chi connectivity index (χ3n) is 3.83. The molecule has 2 N–H and O–H groups in total. The first-order valence-electron chi connectivity index (χ1n) is 7.41. The van der Waals surface area contributed by atoms with Crippen LogP contribution in [0.5, 0.6) is 0 Å². The molecule has 0 aliphatic carbocycles. The molecule has 0 unspecified atom stereocenters. The molecule has 3 rings (SSSR count). The molecule has 22 heavy (non-hydrogen) atoms. The van der Waals surface area contributed by atoms with Crippen LogP contribution in [0.25, 0.3) is 11.3 Å². The highest BCUT2D eigenvalue weighted by molar-refractivity contribution is 5.79. The highest BCUT2D eigenvalue weighted by atomic mass is 16.5. The molecule has 0 saturated carbocycles. The summed E-state index contributed by atoms with van der Waals surface area (Å²) in [4.78, 5) is 13.4. The maximum Gasteiger partial charge on any atom is 0.247 e. The van der Waals surface area contributed by atoms with Crippen LogP contribution < -0.4 is 5.73 Å². The molecule has 2 heterocycles. The van der Waals surface area contributed by atoms with Crippen LogP contribution in [0.3, 0.4) is 0 Å². The second kappa shape index (κ2) is 6.34. The molecule has 116 valence electrons. The first-order chi connectivity index (χ1) is 10.6. The molecule has 5 nitrogen and oxygen atoms in total. The van der Waals surface area contributed by atoms with Crippen LogP contribution >= 0.6 is 0 Å². The lowest BCUT2D eigenvalue weighted by molar-refractivity contribution is -0.135. The number of ether oxygens (including phenoxy) is 1. The van der Waals surface area contributed by atoms with Gasteiger partial charge in [0.15, 0.2) is 0 Å². The van der Waals surface area contributed by atoms with E-state index in [1.807, 2.05) is 31.2 Å². The van der Waals surface area contributed by atoms with Gasteiger partial charge in [0.05, 0.1) is 6.61 Å².